The maximum absolute atomic E-state index is 13.3. The molecule has 7 atom stereocenters. The zero-order chi connectivity index (χ0) is 47.5. The molecule has 0 aliphatic carbocycles. The van der Waals surface area contributed by atoms with Gasteiger partial charge in [0.2, 0.25) is 11.8 Å². The number of amides is 6. The van der Waals surface area contributed by atoms with Crippen molar-refractivity contribution in [3.63, 3.8) is 0 Å². The third-order valence-corrected chi connectivity index (χ3v) is 14.5. The number of imide groups is 2. The molecule has 3 fully saturated rings. The SMILES string of the molecule is CC[C@@H]1C[C@@H](O)CN1.CC[C@@H]1C[C@@H](O)CN1C(=O)CN1C(=O)c2ccccc2C1=O.CC[C@@H]1C[C@@H](OP(OCCC#N)N(C(C)C)C(C)C)CN1C(=O)CN1C(=O)c2ccccc2C1=O. The maximum Gasteiger partial charge on any atom is 0.262 e. The average Bonchev–Trinajstić information content (AvgIpc) is 4.10. The lowest BCUT2D eigenvalue weighted by Gasteiger charge is -2.36. The monoisotopic (exact) mass is 919 g/mol. The topological polar surface area (TPSA) is 213 Å². The molecular formula is C47H66N7O10P. The molecule has 2 aromatic carbocycles. The van der Waals surface area contributed by atoms with Crippen molar-refractivity contribution in [3.8, 4) is 6.07 Å². The zero-order valence-corrected chi connectivity index (χ0v) is 39.6. The predicted molar refractivity (Wildman–Crippen MR) is 243 cm³/mol. The minimum Gasteiger partial charge on any atom is -0.392 e. The quantitative estimate of drug-likeness (QED) is 0.125. The molecule has 5 aliphatic heterocycles. The molecule has 0 saturated carbocycles. The van der Waals surface area contributed by atoms with Crippen LogP contribution in [-0.2, 0) is 18.6 Å². The van der Waals surface area contributed by atoms with Crippen molar-refractivity contribution in [1.82, 2.24) is 29.6 Å². The van der Waals surface area contributed by atoms with Crippen LogP contribution in [0.4, 0.5) is 0 Å². The second kappa shape index (κ2) is 23.7. The Morgan fingerprint density at radius 2 is 1.20 bits per heavy atom. The van der Waals surface area contributed by atoms with E-state index in [1.165, 1.54) is 0 Å². The number of aliphatic hydroxyl groups is 2. The second-order valence-corrected chi connectivity index (χ2v) is 18.9. The molecule has 0 aromatic heterocycles. The second-order valence-electron chi connectivity index (χ2n) is 17.5. The summed E-state index contributed by atoms with van der Waals surface area (Å²) in [4.78, 5) is 81.0. The lowest BCUT2D eigenvalue weighted by atomic mass is 10.1. The predicted octanol–water partition coefficient (Wildman–Crippen LogP) is 4.73. The number of hydrogen-bond acceptors (Lipinski definition) is 13. The van der Waals surface area contributed by atoms with E-state index in [-0.39, 0.29) is 80.9 Å². The number of rotatable bonds is 15. The summed E-state index contributed by atoms with van der Waals surface area (Å²) in [7, 11) is -1.42. The summed E-state index contributed by atoms with van der Waals surface area (Å²) in [6.45, 7) is 15.6. The van der Waals surface area contributed by atoms with E-state index in [4.69, 9.17) is 19.4 Å². The van der Waals surface area contributed by atoms with Gasteiger partial charge in [-0.25, -0.2) is 4.67 Å². The fraction of sp³-hybridized carbons (Fsp3) is 0.596. The largest absolute Gasteiger partial charge is 0.392 e. The standard InChI is InChI=1S/C25H35N4O5P.C16H18N2O4.C6H13NO/c1-6-19-14-20(34-35(33-13-9-12-26)29(17(2)3)18(4)5)15-27(19)23(30)16-28-24(31)21-10-7-8-11-22(21)25(28)32;1-2-10-7-11(19)8-17(10)14(20)9-18-15(21)12-5-3-4-6-13(12)16(18)22;1-2-5-3-6(8)4-7-5/h7-8,10-11,17-20H,6,9,13-16H2,1-5H3;3-6,10-11,19H,2,7-9H2,1H3;5-8H,2-4H2,1H3/t19-,20-,35?;10-,11-;5-,6-/m111/s1. The highest BCUT2D eigenvalue weighted by Gasteiger charge is 2.43. The van der Waals surface area contributed by atoms with Gasteiger partial charge >= 0.3 is 0 Å². The lowest BCUT2D eigenvalue weighted by Crippen LogP contribution is -2.44. The number of nitrogens with one attached hydrogen (secondary N) is 1. The smallest absolute Gasteiger partial charge is 0.262 e. The van der Waals surface area contributed by atoms with Crippen LogP contribution in [-0.4, -0.2) is 158 Å². The van der Waals surface area contributed by atoms with Gasteiger partial charge < -0.3 is 34.4 Å². The normalized spacial score (nSPS) is 24.0. The van der Waals surface area contributed by atoms with E-state index in [2.05, 4.69) is 50.7 Å². The van der Waals surface area contributed by atoms with Gasteiger partial charge in [0.15, 0.2) is 0 Å². The van der Waals surface area contributed by atoms with E-state index in [1.807, 2.05) is 13.8 Å². The first-order valence-electron chi connectivity index (χ1n) is 22.9. The summed E-state index contributed by atoms with van der Waals surface area (Å²) >= 11 is 0. The molecule has 0 bridgehead atoms. The number of benzene rings is 2. The van der Waals surface area contributed by atoms with E-state index in [0.29, 0.717) is 47.7 Å². The number of hydrogen-bond donors (Lipinski definition) is 3. The van der Waals surface area contributed by atoms with Crippen molar-refractivity contribution < 1.29 is 48.0 Å². The van der Waals surface area contributed by atoms with Crippen LogP contribution in [0.3, 0.4) is 0 Å². The number of nitrogens with zero attached hydrogens (tertiary/aromatic N) is 6. The molecule has 354 valence electrons. The van der Waals surface area contributed by atoms with Crippen LogP contribution in [0.1, 0.15) is 135 Å². The van der Waals surface area contributed by atoms with Crippen molar-refractivity contribution >= 4 is 44.0 Å². The van der Waals surface area contributed by atoms with Crippen LogP contribution in [0.15, 0.2) is 48.5 Å². The van der Waals surface area contributed by atoms with Gasteiger partial charge in [-0.05, 0) is 90.5 Å². The molecule has 7 rings (SSSR count). The van der Waals surface area contributed by atoms with Gasteiger partial charge in [0.05, 0.1) is 59.7 Å². The van der Waals surface area contributed by atoms with Crippen LogP contribution < -0.4 is 5.32 Å². The van der Waals surface area contributed by atoms with Crippen LogP contribution >= 0.6 is 8.53 Å². The molecule has 5 heterocycles. The minimum absolute atomic E-state index is 0.0299. The molecule has 2 aromatic rings. The average molecular weight is 920 g/mol. The van der Waals surface area contributed by atoms with Gasteiger partial charge in [-0.1, -0.05) is 45.0 Å². The Labute approximate surface area is 383 Å². The van der Waals surface area contributed by atoms with E-state index in [0.717, 1.165) is 42.0 Å². The Balaban J connectivity index is 0.000000222. The molecule has 18 heteroatoms. The summed E-state index contributed by atoms with van der Waals surface area (Å²) < 4.78 is 14.6. The summed E-state index contributed by atoms with van der Waals surface area (Å²) in [5.41, 5.74) is 1.35. The molecule has 3 N–H and O–H groups in total. The van der Waals surface area contributed by atoms with Crippen molar-refractivity contribution in [2.24, 2.45) is 0 Å². The summed E-state index contributed by atoms with van der Waals surface area (Å²) in [5, 5.41) is 30.8. The van der Waals surface area contributed by atoms with Crippen molar-refractivity contribution in [1.29, 1.82) is 5.26 Å². The van der Waals surface area contributed by atoms with Crippen LogP contribution in [0, 0.1) is 11.3 Å². The first-order chi connectivity index (χ1) is 31.0. The fourth-order valence-corrected chi connectivity index (χ4v) is 10.7. The van der Waals surface area contributed by atoms with Gasteiger partial charge in [-0.15, -0.1) is 0 Å². The Bertz CT molecular complexity index is 1990. The van der Waals surface area contributed by atoms with E-state index < -0.39 is 38.3 Å². The van der Waals surface area contributed by atoms with E-state index >= 15 is 0 Å². The van der Waals surface area contributed by atoms with Crippen LogP contribution in [0.25, 0.3) is 0 Å². The molecule has 6 amide bonds. The molecule has 65 heavy (non-hydrogen) atoms. The number of nitriles is 1. The maximum atomic E-state index is 13.3. The highest BCUT2D eigenvalue weighted by Crippen LogP contribution is 2.48. The number of likely N-dealkylation sites (tertiary alicyclic amines) is 2. The molecule has 0 radical (unpaired) electrons. The van der Waals surface area contributed by atoms with Crippen molar-refractivity contribution in [2.75, 3.05) is 39.3 Å². The van der Waals surface area contributed by atoms with Crippen molar-refractivity contribution in [3.05, 3.63) is 70.8 Å². The first-order valence-corrected chi connectivity index (χ1v) is 24.0. The number of aliphatic hydroxyl groups excluding tert-OH is 2. The molecular weight excluding hydrogens is 854 g/mol. The highest BCUT2D eigenvalue weighted by molar-refractivity contribution is 7.44. The van der Waals surface area contributed by atoms with E-state index in [1.54, 1.807) is 58.3 Å². The number of carbonyl (C=O) groups excluding carboxylic acids is 6. The van der Waals surface area contributed by atoms with Gasteiger partial charge in [-0.2, -0.15) is 5.26 Å². The van der Waals surface area contributed by atoms with Gasteiger partial charge in [0, 0.05) is 49.8 Å². The Morgan fingerprint density at radius 1 is 0.738 bits per heavy atom. The Morgan fingerprint density at radius 3 is 1.58 bits per heavy atom. The molecule has 0 spiro atoms. The Hall–Kier alpha value is -4.66. The number of fused-ring (bicyclic) bond motifs is 2. The minimum atomic E-state index is -1.42. The number of carbonyl (C=O) groups is 6. The van der Waals surface area contributed by atoms with Crippen LogP contribution in [0.5, 0.6) is 0 Å². The van der Waals surface area contributed by atoms with Gasteiger partial charge in [-0.3, -0.25) is 38.6 Å². The Kier molecular flexibility index (Phi) is 18.7. The summed E-state index contributed by atoms with van der Waals surface area (Å²) in [6.07, 6.45) is 4.17. The third-order valence-electron chi connectivity index (χ3n) is 12.3. The summed E-state index contributed by atoms with van der Waals surface area (Å²) in [6, 6.07) is 16.2. The van der Waals surface area contributed by atoms with E-state index in [9.17, 15) is 33.9 Å². The molecule has 1 unspecified atom stereocenters. The third kappa shape index (κ3) is 12.4. The fourth-order valence-electron chi connectivity index (χ4n) is 8.98. The highest BCUT2D eigenvalue weighted by atomic mass is 31.2. The zero-order valence-electron chi connectivity index (χ0n) is 38.7. The van der Waals surface area contributed by atoms with Crippen LogP contribution in [0.2, 0.25) is 0 Å². The molecule has 17 nitrogen and oxygen atoms in total. The molecule has 3 saturated heterocycles. The summed E-state index contributed by atoms with van der Waals surface area (Å²) in [5.74, 6) is -2.28. The lowest BCUT2D eigenvalue weighted by molar-refractivity contribution is -0.133. The van der Waals surface area contributed by atoms with Gasteiger partial charge in [0.1, 0.15) is 13.1 Å². The first kappa shape index (κ1) is 51.3. The van der Waals surface area contributed by atoms with Crippen molar-refractivity contribution in [2.45, 2.75) is 142 Å². The van der Waals surface area contributed by atoms with Gasteiger partial charge in [0.25, 0.3) is 32.2 Å². The number of β-amino-alcohol motifs (C(OH)–C–C–N with tert-alkyl or cyclic N) is 2. The molecule has 5 aliphatic rings.